The number of unbranched alkanes of at least 4 members (excludes halogenated alkanes) is 4. The average Bonchev–Trinajstić information content (AvgIpc) is 2.53. The molecule has 2 heteroatoms. The van der Waals surface area contributed by atoms with Crippen LogP contribution in [0, 0.1) is 0 Å². The minimum Gasteiger partial charge on any atom is -0.388 e. The second kappa shape index (κ2) is 11.1. The van der Waals surface area contributed by atoms with Gasteiger partial charge in [-0.25, -0.2) is 0 Å². The van der Waals surface area contributed by atoms with E-state index in [4.69, 9.17) is 0 Å². The van der Waals surface area contributed by atoms with Gasteiger partial charge in [-0.2, -0.15) is 12.6 Å². The molecule has 21 heavy (non-hydrogen) atoms. The molecule has 1 nitrogen and oxygen atoms in total. The molecule has 1 N–H and O–H groups in total. The Morgan fingerprint density at radius 3 is 1.76 bits per heavy atom. The molecule has 1 rings (SSSR count). The molecule has 0 aromatic heterocycles. The van der Waals surface area contributed by atoms with Crippen LogP contribution in [-0.2, 0) is 0 Å². The highest BCUT2D eigenvalue weighted by Crippen LogP contribution is 2.29. The molecule has 0 radical (unpaired) electrons. The molecular formula is C19H32OS. The van der Waals surface area contributed by atoms with Gasteiger partial charge < -0.3 is 5.11 Å². The van der Waals surface area contributed by atoms with Crippen molar-refractivity contribution in [1.82, 2.24) is 0 Å². The van der Waals surface area contributed by atoms with Gasteiger partial charge in [-0.3, -0.25) is 0 Å². The van der Waals surface area contributed by atoms with Crippen molar-refractivity contribution < 1.29 is 5.11 Å². The normalized spacial score (nSPS) is 12.8. The summed E-state index contributed by atoms with van der Waals surface area (Å²) in [5.41, 5.74) is 2.42. The van der Waals surface area contributed by atoms with Gasteiger partial charge in [0.15, 0.2) is 0 Å². The molecule has 0 bridgehead atoms. The lowest BCUT2D eigenvalue weighted by atomic mass is 9.88. The summed E-state index contributed by atoms with van der Waals surface area (Å²) in [5.74, 6) is 1.17. The summed E-state index contributed by atoms with van der Waals surface area (Å²) in [6.07, 6.45) is 10.0. The van der Waals surface area contributed by atoms with E-state index in [-0.39, 0.29) is 0 Å². The van der Waals surface area contributed by atoms with Gasteiger partial charge in [0.05, 0.1) is 6.10 Å². The maximum Gasteiger partial charge on any atom is 0.0877 e. The Balaban J connectivity index is 2.66. The molecule has 0 saturated carbocycles. The van der Waals surface area contributed by atoms with Crippen LogP contribution in [0.2, 0.25) is 0 Å². The smallest absolute Gasteiger partial charge is 0.0877 e. The van der Waals surface area contributed by atoms with Crippen molar-refractivity contribution in [3.05, 3.63) is 35.4 Å². The number of aliphatic hydroxyl groups excluding tert-OH is 1. The summed E-state index contributed by atoms with van der Waals surface area (Å²) < 4.78 is 0. The predicted octanol–water partition coefficient (Wildman–Crippen LogP) is 5.89. The first kappa shape index (κ1) is 18.6. The predicted molar refractivity (Wildman–Crippen MR) is 96.3 cm³/mol. The lowest BCUT2D eigenvalue weighted by Crippen LogP contribution is -2.02. The van der Waals surface area contributed by atoms with Crippen LogP contribution in [0.1, 0.15) is 88.4 Å². The van der Waals surface area contributed by atoms with Crippen LogP contribution >= 0.6 is 12.6 Å². The first-order valence-corrected chi connectivity index (χ1v) is 9.24. The van der Waals surface area contributed by atoms with Gasteiger partial charge in [0, 0.05) is 5.75 Å². The van der Waals surface area contributed by atoms with E-state index in [1.54, 1.807) is 0 Å². The first-order valence-electron chi connectivity index (χ1n) is 8.61. The number of aliphatic hydroxyl groups is 1. The van der Waals surface area contributed by atoms with Gasteiger partial charge >= 0.3 is 0 Å². The molecule has 1 atom stereocenters. The largest absolute Gasteiger partial charge is 0.388 e. The highest BCUT2D eigenvalue weighted by atomic mass is 32.1. The molecule has 0 fully saturated rings. The third kappa shape index (κ3) is 6.88. The van der Waals surface area contributed by atoms with Crippen LogP contribution in [0.25, 0.3) is 0 Å². The van der Waals surface area contributed by atoms with E-state index in [1.807, 2.05) is 0 Å². The van der Waals surface area contributed by atoms with Gasteiger partial charge in [-0.15, -0.1) is 0 Å². The fraction of sp³-hybridized carbons (Fsp3) is 0.684. The fourth-order valence-electron chi connectivity index (χ4n) is 2.85. The Kier molecular flexibility index (Phi) is 9.86. The van der Waals surface area contributed by atoms with Crippen molar-refractivity contribution in [3.63, 3.8) is 0 Å². The van der Waals surface area contributed by atoms with Crippen molar-refractivity contribution in [2.24, 2.45) is 0 Å². The number of hydrogen-bond acceptors (Lipinski definition) is 2. The van der Waals surface area contributed by atoms with E-state index in [1.165, 1.54) is 56.9 Å². The second-order valence-corrected chi connectivity index (χ2v) is 6.42. The molecular weight excluding hydrogens is 276 g/mol. The number of hydrogen-bond donors (Lipinski definition) is 2. The molecule has 1 aromatic rings. The summed E-state index contributed by atoms with van der Waals surface area (Å²) in [5, 5.41) is 9.83. The Bertz CT molecular complexity index is 350. The minimum atomic E-state index is -0.444. The van der Waals surface area contributed by atoms with E-state index in [0.717, 1.165) is 5.56 Å². The zero-order valence-electron chi connectivity index (χ0n) is 13.7. The lowest BCUT2D eigenvalue weighted by molar-refractivity contribution is 0.204. The van der Waals surface area contributed by atoms with Gasteiger partial charge in [0.1, 0.15) is 0 Å². The van der Waals surface area contributed by atoms with E-state index >= 15 is 0 Å². The van der Waals surface area contributed by atoms with Crippen molar-refractivity contribution in [2.75, 3.05) is 5.75 Å². The molecule has 0 aliphatic rings. The third-order valence-corrected chi connectivity index (χ3v) is 4.62. The van der Waals surface area contributed by atoms with Crippen LogP contribution in [-0.4, -0.2) is 10.9 Å². The highest BCUT2D eigenvalue weighted by Gasteiger charge is 2.12. The van der Waals surface area contributed by atoms with Gasteiger partial charge in [0.2, 0.25) is 0 Å². The van der Waals surface area contributed by atoms with E-state index in [9.17, 15) is 5.11 Å². The number of thiol groups is 1. The summed E-state index contributed by atoms with van der Waals surface area (Å²) >= 11 is 4.16. The SMILES string of the molecule is CCCCCC(CCCCC)c1ccc(C(O)CS)cc1. The molecule has 1 aromatic carbocycles. The summed E-state index contributed by atoms with van der Waals surface area (Å²) in [4.78, 5) is 0. The maximum atomic E-state index is 9.83. The molecule has 0 heterocycles. The molecule has 0 spiro atoms. The first-order chi connectivity index (χ1) is 10.2. The number of rotatable bonds is 11. The monoisotopic (exact) mass is 308 g/mol. The van der Waals surface area contributed by atoms with Crippen LogP contribution in [0.3, 0.4) is 0 Å². The molecule has 120 valence electrons. The van der Waals surface area contributed by atoms with E-state index in [2.05, 4.69) is 50.7 Å². The quantitative estimate of drug-likeness (QED) is 0.385. The van der Waals surface area contributed by atoms with Crippen molar-refractivity contribution in [3.8, 4) is 0 Å². The zero-order chi connectivity index (χ0) is 15.5. The maximum absolute atomic E-state index is 9.83. The van der Waals surface area contributed by atoms with Crippen molar-refractivity contribution in [1.29, 1.82) is 0 Å². The Labute approximate surface area is 136 Å². The lowest BCUT2D eigenvalue weighted by Gasteiger charge is -2.18. The standard InChI is InChI=1S/C19H32OS/c1-3-5-7-9-16(10-8-6-4-2)17-11-13-18(14-12-17)19(20)15-21/h11-14,16,19-21H,3-10,15H2,1-2H3. The van der Waals surface area contributed by atoms with Crippen molar-refractivity contribution in [2.45, 2.75) is 77.2 Å². The Morgan fingerprint density at radius 2 is 1.33 bits per heavy atom. The van der Waals surface area contributed by atoms with E-state index < -0.39 is 6.10 Å². The molecule has 0 aliphatic carbocycles. The average molecular weight is 309 g/mol. The van der Waals surface area contributed by atoms with Crippen molar-refractivity contribution >= 4 is 12.6 Å². The second-order valence-electron chi connectivity index (χ2n) is 6.05. The van der Waals surface area contributed by atoms with E-state index in [0.29, 0.717) is 11.7 Å². The van der Waals surface area contributed by atoms with Gasteiger partial charge in [-0.1, -0.05) is 76.6 Å². The van der Waals surface area contributed by atoms with Crippen LogP contribution in [0.5, 0.6) is 0 Å². The van der Waals surface area contributed by atoms with Crippen LogP contribution < -0.4 is 0 Å². The van der Waals surface area contributed by atoms with Crippen LogP contribution in [0.4, 0.5) is 0 Å². The molecule has 0 amide bonds. The fourth-order valence-corrected chi connectivity index (χ4v) is 3.07. The Morgan fingerprint density at radius 1 is 0.857 bits per heavy atom. The zero-order valence-corrected chi connectivity index (χ0v) is 14.6. The molecule has 0 aliphatic heterocycles. The van der Waals surface area contributed by atoms with Gasteiger partial charge in [-0.05, 0) is 29.9 Å². The summed E-state index contributed by atoms with van der Waals surface area (Å²) in [6.45, 7) is 4.53. The topological polar surface area (TPSA) is 20.2 Å². The molecule has 1 unspecified atom stereocenters. The minimum absolute atomic E-state index is 0.444. The summed E-state index contributed by atoms with van der Waals surface area (Å²) in [7, 11) is 0. The van der Waals surface area contributed by atoms with Gasteiger partial charge in [0.25, 0.3) is 0 Å². The third-order valence-electron chi connectivity index (χ3n) is 4.28. The van der Waals surface area contributed by atoms with Crippen LogP contribution in [0.15, 0.2) is 24.3 Å². The molecule has 0 saturated heterocycles. The number of benzene rings is 1. The summed E-state index contributed by atoms with van der Waals surface area (Å²) in [6, 6.07) is 8.57. The highest BCUT2D eigenvalue weighted by molar-refractivity contribution is 7.80. The Hall–Kier alpha value is -0.470.